The minimum atomic E-state index is 0.697. The van der Waals surface area contributed by atoms with E-state index in [9.17, 15) is 0 Å². The van der Waals surface area contributed by atoms with Crippen LogP contribution in [0.1, 0.15) is 31.5 Å². The average Bonchev–Trinajstić information content (AvgIpc) is 3.14. The topological polar surface area (TPSA) is 84.9 Å². The summed E-state index contributed by atoms with van der Waals surface area (Å²) in [6.45, 7) is 0.830. The van der Waals surface area contributed by atoms with Gasteiger partial charge < -0.3 is 10.7 Å². The normalized spacial score (nSPS) is 23.1. The maximum Gasteiger partial charge on any atom is 0.179 e. The maximum atomic E-state index is 5.77. The van der Waals surface area contributed by atoms with E-state index in [0.717, 1.165) is 41.5 Å². The molecule has 0 amide bonds. The van der Waals surface area contributed by atoms with Crippen LogP contribution in [0.3, 0.4) is 0 Å². The molecule has 1 aliphatic carbocycles. The molecular formula is C15H20N6. The Morgan fingerprint density at radius 1 is 1.19 bits per heavy atom. The van der Waals surface area contributed by atoms with E-state index in [1.54, 1.807) is 6.20 Å². The highest BCUT2D eigenvalue weighted by atomic mass is 15.3. The van der Waals surface area contributed by atoms with E-state index >= 15 is 0 Å². The molecule has 3 N–H and O–H groups in total. The smallest absolute Gasteiger partial charge is 0.179 e. The summed E-state index contributed by atoms with van der Waals surface area (Å²) in [5, 5.41) is 8.65. The molecule has 0 aliphatic heterocycles. The zero-order chi connectivity index (χ0) is 14.2. The quantitative estimate of drug-likeness (QED) is 0.769. The third-order valence-electron chi connectivity index (χ3n) is 4.78. The van der Waals surface area contributed by atoms with Gasteiger partial charge in [-0.15, -0.1) is 10.2 Å². The second kappa shape index (κ2) is 5.11. The molecule has 1 saturated carbocycles. The lowest BCUT2D eigenvalue weighted by molar-refractivity contribution is 0.275. The Balaban J connectivity index is 1.63. The first-order valence-electron chi connectivity index (χ1n) is 7.71. The lowest BCUT2D eigenvalue weighted by Crippen LogP contribution is -2.22. The molecule has 6 heteroatoms. The van der Waals surface area contributed by atoms with Gasteiger partial charge in [-0.2, -0.15) is 0 Å². The van der Waals surface area contributed by atoms with E-state index in [-0.39, 0.29) is 0 Å². The molecule has 0 atom stereocenters. The number of fused-ring (bicyclic) bond motifs is 3. The van der Waals surface area contributed by atoms with Gasteiger partial charge in [-0.1, -0.05) is 0 Å². The van der Waals surface area contributed by atoms with Gasteiger partial charge in [0.25, 0.3) is 0 Å². The summed E-state index contributed by atoms with van der Waals surface area (Å²) in [5.41, 5.74) is 8.54. The molecule has 0 saturated heterocycles. The highest BCUT2D eigenvalue weighted by Gasteiger charge is 2.22. The van der Waals surface area contributed by atoms with E-state index < -0.39 is 0 Å². The van der Waals surface area contributed by atoms with Crippen molar-refractivity contribution in [2.45, 2.75) is 32.1 Å². The largest absolute Gasteiger partial charge is 0.345 e. The van der Waals surface area contributed by atoms with E-state index in [0.29, 0.717) is 5.92 Å². The highest BCUT2D eigenvalue weighted by molar-refractivity contribution is 5.74. The van der Waals surface area contributed by atoms with Gasteiger partial charge in [0, 0.05) is 12.6 Å². The third-order valence-corrected chi connectivity index (χ3v) is 4.78. The van der Waals surface area contributed by atoms with Gasteiger partial charge in [-0.25, -0.2) is 4.98 Å². The number of nitrogens with zero attached hydrogens (tertiary/aromatic N) is 4. The van der Waals surface area contributed by atoms with Crippen molar-refractivity contribution >= 4 is 16.8 Å². The van der Waals surface area contributed by atoms with Crippen LogP contribution in [0.5, 0.6) is 0 Å². The van der Waals surface area contributed by atoms with Crippen LogP contribution < -0.4 is 5.73 Å². The van der Waals surface area contributed by atoms with E-state index in [2.05, 4.69) is 24.6 Å². The second-order valence-electron chi connectivity index (χ2n) is 6.11. The Morgan fingerprint density at radius 2 is 2.00 bits per heavy atom. The van der Waals surface area contributed by atoms with Gasteiger partial charge in [-0.3, -0.25) is 4.40 Å². The van der Waals surface area contributed by atoms with Crippen LogP contribution >= 0.6 is 0 Å². The fourth-order valence-corrected chi connectivity index (χ4v) is 3.50. The van der Waals surface area contributed by atoms with Gasteiger partial charge in [0.15, 0.2) is 11.3 Å². The Bertz CT molecular complexity index is 750. The highest BCUT2D eigenvalue weighted by Crippen LogP contribution is 2.30. The number of nitrogens with one attached hydrogen (secondary N) is 1. The van der Waals surface area contributed by atoms with Gasteiger partial charge in [0.05, 0.1) is 11.7 Å². The predicted molar refractivity (Wildman–Crippen MR) is 80.8 cm³/mol. The third kappa shape index (κ3) is 2.19. The molecule has 21 heavy (non-hydrogen) atoms. The Morgan fingerprint density at radius 3 is 2.81 bits per heavy atom. The van der Waals surface area contributed by atoms with Crippen molar-refractivity contribution in [3.8, 4) is 0 Å². The summed E-state index contributed by atoms with van der Waals surface area (Å²) in [6, 6.07) is 2.04. The molecule has 3 aromatic heterocycles. The molecule has 3 aromatic rings. The van der Waals surface area contributed by atoms with Gasteiger partial charge >= 0.3 is 0 Å². The first-order valence-corrected chi connectivity index (χ1v) is 7.71. The van der Waals surface area contributed by atoms with Crippen LogP contribution in [0.25, 0.3) is 16.8 Å². The predicted octanol–water partition coefficient (Wildman–Crippen LogP) is 1.91. The zero-order valence-corrected chi connectivity index (χ0v) is 12.0. The number of hydrogen-bond donors (Lipinski definition) is 2. The molecule has 0 bridgehead atoms. The van der Waals surface area contributed by atoms with Gasteiger partial charge in [0.1, 0.15) is 5.82 Å². The van der Waals surface area contributed by atoms with Gasteiger partial charge in [-0.05, 0) is 50.1 Å². The van der Waals surface area contributed by atoms with Crippen molar-refractivity contribution in [1.29, 1.82) is 0 Å². The Kier molecular flexibility index (Phi) is 3.11. The average molecular weight is 284 g/mol. The Labute approximate surface area is 122 Å². The number of rotatable bonds is 3. The molecular weight excluding hydrogens is 264 g/mol. The Hall–Kier alpha value is -1.95. The van der Waals surface area contributed by atoms with E-state index in [4.69, 9.17) is 5.73 Å². The number of H-pyrrole nitrogens is 1. The molecule has 0 aromatic carbocycles. The summed E-state index contributed by atoms with van der Waals surface area (Å²) >= 11 is 0. The van der Waals surface area contributed by atoms with Crippen LogP contribution in [0.15, 0.2) is 18.5 Å². The molecule has 4 rings (SSSR count). The standard InChI is InChI=1S/C15H20N6/c16-8-11-3-1-10(2-4-11)7-13-19-20-14-9-18-15-12(21(13)14)5-6-17-15/h5-6,9-11,17H,1-4,7-8,16H2/t10-,11-. The van der Waals surface area contributed by atoms with Crippen LogP contribution in [-0.2, 0) is 6.42 Å². The summed E-state index contributed by atoms with van der Waals surface area (Å²) in [5.74, 6) is 2.47. The summed E-state index contributed by atoms with van der Waals surface area (Å²) in [7, 11) is 0. The molecule has 1 fully saturated rings. The number of aromatic nitrogens is 5. The van der Waals surface area contributed by atoms with E-state index in [1.807, 2.05) is 12.3 Å². The molecule has 3 heterocycles. The molecule has 1 aliphatic rings. The maximum absolute atomic E-state index is 5.77. The monoisotopic (exact) mass is 284 g/mol. The van der Waals surface area contributed by atoms with Crippen LogP contribution in [0.2, 0.25) is 0 Å². The van der Waals surface area contributed by atoms with Crippen molar-refractivity contribution in [1.82, 2.24) is 24.6 Å². The molecule has 0 spiro atoms. The summed E-state index contributed by atoms with van der Waals surface area (Å²) < 4.78 is 2.13. The minimum absolute atomic E-state index is 0.697. The van der Waals surface area contributed by atoms with Crippen molar-refractivity contribution in [3.05, 3.63) is 24.3 Å². The number of hydrogen-bond acceptors (Lipinski definition) is 4. The molecule has 0 radical (unpaired) electrons. The molecule has 6 nitrogen and oxygen atoms in total. The zero-order valence-electron chi connectivity index (χ0n) is 12.0. The van der Waals surface area contributed by atoms with Crippen LogP contribution in [0.4, 0.5) is 0 Å². The van der Waals surface area contributed by atoms with Crippen LogP contribution in [0, 0.1) is 11.8 Å². The second-order valence-corrected chi connectivity index (χ2v) is 6.11. The van der Waals surface area contributed by atoms with Crippen molar-refractivity contribution in [2.24, 2.45) is 17.6 Å². The first-order chi connectivity index (χ1) is 10.3. The van der Waals surface area contributed by atoms with Gasteiger partial charge in [0.2, 0.25) is 0 Å². The number of aromatic amines is 1. The molecule has 110 valence electrons. The molecule has 0 unspecified atom stereocenters. The fourth-order valence-electron chi connectivity index (χ4n) is 3.50. The van der Waals surface area contributed by atoms with Crippen molar-refractivity contribution in [3.63, 3.8) is 0 Å². The number of nitrogens with two attached hydrogens (primary N) is 1. The van der Waals surface area contributed by atoms with Crippen LogP contribution in [-0.4, -0.2) is 31.1 Å². The lowest BCUT2D eigenvalue weighted by Gasteiger charge is -2.27. The summed E-state index contributed by atoms with van der Waals surface area (Å²) in [4.78, 5) is 7.50. The SMILES string of the molecule is NC[C@H]1CC[C@H](Cc2nnc3cnc4[nH]ccc4n23)CC1. The van der Waals surface area contributed by atoms with E-state index in [1.165, 1.54) is 25.7 Å². The minimum Gasteiger partial charge on any atom is -0.345 e. The van der Waals surface area contributed by atoms with Crippen molar-refractivity contribution in [2.75, 3.05) is 6.54 Å². The first kappa shape index (κ1) is 12.8. The lowest BCUT2D eigenvalue weighted by atomic mass is 9.80. The summed E-state index contributed by atoms with van der Waals surface area (Å²) in [6.07, 6.45) is 9.67. The van der Waals surface area contributed by atoms with Crippen molar-refractivity contribution < 1.29 is 0 Å². The fraction of sp³-hybridized carbons (Fsp3) is 0.533.